The van der Waals surface area contributed by atoms with Crippen LogP contribution < -0.4 is 4.72 Å². The molecule has 0 spiro atoms. The van der Waals surface area contributed by atoms with Gasteiger partial charge in [0.1, 0.15) is 4.21 Å². The third-order valence-electron chi connectivity index (χ3n) is 2.61. The van der Waals surface area contributed by atoms with E-state index in [9.17, 15) is 8.42 Å². The maximum atomic E-state index is 11.9. The van der Waals surface area contributed by atoms with Crippen molar-refractivity contribution in [3.8, 4) is 0 Å². The summed E-state index contributed by atoms with van der Waals surface area (Å²) in [4.78, 5) is 0. The number of thiophene rings is 1. The third kappa shape index (κ3) is 5.19. The number of hydrogen-bond donors (Lipinski definition) is 1. The molecule has 1 N–H and O–H groups in total. The summed E-state index contributed by atoms with van der Waals surface area (Å²) < 4.78 is 26.9. The molecule has 0 aliphatic heterocycles. The quantitative estimate of drug-likeness (QED) is 0.739. The van der Waals surface area contributed by atoms with Crippen LogP contribution in [0.2, 0.25) is 0 Å². The van der Waals surface area contributed by atoms with Crippen molar-refractivity contribution < 1.29 is 8.42 Å². The molecule has 5 heteroatoms. The van der Waals surface area contributed by atoms with Gasteiger partial charge >= 0.3 is 0 Å². The summed E-state index contributed by atoms with van der Waals surface area (Å²) in [6.07, 6.45) is 5.61. The monoisotopic (exact) mass is 275 g/mol. The molecule has 0 fully saturated rings. The van der Waals surface area contributed by atoms with Crippen LogP contribution in [0, 0.1) is 0 Å². The number of rotatable bonds is 8. The maximum absolute atomic E-state index is 11.9. The summed E-state index contributed by atoms with van der Waals surface area (Å²) in [5, 5.41) is 1.78. The van der Waals surface area contributed by atoms with E-state index in [-0.39, 0.29) is 6.04 Å². The van der Waals surface area contributed by atoms with E-state index in [1.807, 2.05) is 6.92 Å². The summed E-state index contributed by atoms with van der Waals surface area (Å²) in [5.41, 5.74) is 0. The molecule has 0 aromatic carbocycles. The van der Waals surface area contributed by atoms with Crippen molar-refractivity contribution in [2.75, 3.05) is 0 Å². The van der Waals surface area contributed by atoms with E-state index in [0.29, 0.717) is 4.21 Å². The Kier molecular flexibility index (Phi) is 6.16. The van der Waals surface area contributed by atoms with Crippen LogP contribution in [-0.4, -0.2) is 14.5 Å². The van der Waals surface area contributed by atoms with Gasteiger partial charge in [0.25, 0.3) is 0 Å². The number of hydrogen-bond acceptors (Lipinski definition) is 3. The van der Waals surface area contributed by atoms with Gasteiger partial charge in [-0.05, 0) is 24.8 Å². The van der Waals surface area contributed by atoms with Crippen molar-refractivity contribution in [3.05, 3.63) is 17.5 Å². The Morgan fingerprint density at radius 2 is 2.12 bits per heavy atom. The largest absolute Gasteiger partial charge is 0.250 e. The van der Waals surface area contributed by atoms with Crippen molar-refractivity contribution >= 4 is 21.4 Å². The van der Waals surface area contributed by atoms with Crippen LogP contribution in [-0.2, 0) is 10.0 Å². The van der Waals surface area contributed by atoms with Gasteiger partial charge in [-0.3, -0.25) is 0 Å². The molecule has 98 valence electrons. The molecule has 0 bridgehead atoms. The first-order valence-electron chi connectivity index (χ1n) is 6.12. The van der Waals surface area contributed by atoms with Crippen molar-refractivity contribution in [2.24, 2.45) is 0 Å². The predicted octanol–water partition coefficient (Wildman–Crippen LogP) is 3.39. The minimum absolute atomic E-state index is 0.0129. The van der Waals surface area contributed by atoms with E-state index >= 15 is 0 Å². The molecule has 1 heterocycles. The molecule has 1 rings (SSSR count). The first-order valence-corrected chi connectivity index (χ1v) is 8.48. The zero-order valence-corrected chi connectivity index (χ0v) is 12.1. The summed E-state index contributed by atoms with van der Waals surface area (Å²) >= 11 is 1.25. The molecule has 1 aromatic heterocycles. The number of unbranched alkanes of at least 4 members (excludes halogenated alkanes) is 3. The second kappa shape index (κ2) is 7.13. The van der Waals surface area contributed by atoms with Gasteiger partial charge in [-0.25, -0.2) is 13.1 Å². The zero-order chi connectivity index (χ0) is 12.7. The topological polar surface area (TPSA) is 46.2 Å². The minimum atomic E-state index is -3.29. The highest BCUT2D eigenvalue weighted by atomic mass is 32.2. The number of sulfonamides is 1. The molecule has 0 aliphatic rings. The van der Waals surface area contributed by atoms with Gasteiger partial charge < -0.3 is 0 Å². The van der Waals surface area contributed by atoms with E-state index in [2.05, 4.69) is 11.6 Å². The van der Waals surface area contributed by atoms with Crippen LogP contribution in [0.15, 0.2) is 21.7 Å². The van der Waals surface area contributed by atoms with Gasteiger partial charge in [0.2, 0.25) is 10.0 Å². The van der Waals surface area contributed by atoms with Gasteiger partial charge in [-0.15, -0.1) is 11.3 Å². The highest BCUT2D eigenvalue weighted by molar-refractivity contribution is 7.91. The second-order valence-corrected chi connectivity index (χ2v) is 7.19. The molecule has 1 aromatic rings. The van der Waals surface area contributed by atoms with Gasteiger partial charge in [-0.1, -0.05) is 38.7 Å². The molecule has 3 nitrogen and oxygen atoms in total. The third-order valence-corrected chi connectivity index (χ3v) is 5.59. The van der Waals surface area contributed by atoms with Gasteiger partial charge in [0.15, 0.2) is 0 Å². The molecular weight excluding hydrogens is 254 g/mol. The van der Waals surface area contributed by atoms with E-state index in [0.717, 1.165) is 12.8 Å². The SMILES string of the molecule is CCCCCCC(C)NS(=O)(=O)c1cccs1. The lowest BCUT2D eigenvalue weighted by molar-refractivity contribution is 0.523. The fourth-order valence-electron chi connectivity index (χ4n) is 1.68. The predicted molar refractivity (Wildman–Crippen MR) is 72.9 cm³/mol. The summed E-state index contributed by atoms with van der Waals surface area (Å²) in [7, 11) is -3.29. The first kappa shape index (κ1) is 14.7. The van der Waals surface area contributed by atoms with Crippen LogP contribution >= 0.6 is 11.3 Å². The Morgan fingerprint density at radius 1 is 1.35 bits per heavy atom. The molecule has 17 heavy (non-hydrogen) atoms. The van der Waals surface area contributed by atoms with Crippen LogP contribution in [0.25, 0.3) is 0 Å². The van der Waals surface area contributed by atoms with Crippen molar-refractivity contribution in [2.45, 2.75) is 56.2 Å². The van der Waals surface area contributed by atoms with Crippen LogP contribution in [0.3, 0.4) is 0 Å². The minimum Gasteiger partial charge on any atom is -0.208 e. The van der Waals surface area contributed by atoms with Crippen LogP contribution in [0.4, 0.5) is 0 Å². The Hall–Kier alpha value is -0.390. The van der Waals surface area contributed by atoms with Gasteiger partial charge in [0, 0.05) is 6.04 Å². The van der Waals surface area contributed by atoms with E-state index < -0.39 is 10.0 Å². The lowest BCUT2D eigenvalue weighted by atomic mass is 10.1. The van der Waals surface area contributed by atoms with Crippen molar-refractivity contribution in [1.82, 2.24) is 4.72 Å². The molecule has 1 unspecified atom stereocenters. The molecular formula is C12H21NO2S2. The average molecular weight is 275 g/mol. The molecule has 0 saturated carbocycles. The Balaban J connectivity index is 2.38. The summed E-state index contributed by atoms with van der Waals surface area (Å²) in [5.74, 6) is 0. The standard InChI is InChI=1S/C12H21NO2S2/c1-3-4-5-6-8-11(2)13-17(14,15)12-9-7-10-16-12/h7,9-11,13H,3-6,8H2,1-2H3. The lowest BCUT2D eigenvalue weighted by Crippen LogP contribution is -2.32. The molecule has 0 radical (unpaired) electrons. The maximum Gasteiger partial charge on any atom is 0.250 e. The van der Waals surface area contributed by atoms with Crippen molar-refractivity contribution in [1.29, 1.82) is 0 Å². The van der Waals surface area contributed by atoms with Gasteiger partial charge in [-0.2, -0.15) is 0 Å². The fourth-order valence-corrected chi connectivity index (χ4v) is 3.96. The van der Waals surface area contributed by atoms with Crippen molar-refractivity contribution in [3.63, 3.8) is 0 Å². The second-order valence-electron chi connectivity index (χ2n) is 4.30. The lowest BCUT2D eigenvalue weighted by Gasteiger charge is -2.12. The highest BCUT2D eigenvalue weighted by Crippen LogP contribution is 2.16. The molecule has 0 amide bonds. The molecule has 0 aliphatic carbocycles. The van der Waals surface area contributed by atoms with E-state index in [1.54, 1.807) is 17.5 Å². The molecule has 0 saturated heterocycles. The smallest absolute Gasteiger partial charge is 0.208 e. The average Bonchev–Trinajstić information content (AvgIpc) is 2.77. The fraction of sp³-hybridized carbons (Fsp3) is 0.667. The van der Waals surface area contributed by atoms with Gasteiger partial charge in [0.05, 0.1) is 0 Å². The first-order chi connectivity index (χ1) is 8.06. The normalized spacial score (nSPS) is 13.8. The Labute approximate surface area is 108 Å². The van der Waals surface area contributed by atoms with Crippen LogP contribution in [0.5, 0.6) is 0 Å². The van der Waals surface area contributed by atoms with E-state index in [1.165, 1.54) is 30.6 Å². The van der Waals surface area contributed by atoms with E-state index in [4.69, 9.17) is 0 Å². The summed E-state index contributed by atoms with van der Waals surface area (Å²) in [6, 6.07) is 3.40. The van der Waals surface area contributed by atoms with Crippen LogP contribution in [0.1, 0.15) is 46.0 Å². The zero-order valence-electron chi connectivity index (χ0n) is 10.5. The Morgan fingerprint density at radius 3 is 2.71 bits per heavy atom. The summed E-state index contributed by atoms with van der Waals surface area (Å²) in [6.45, 7) is 4.10. The molecule has 1 atom stereocenters. The highest BCUT2D eigenvalue weighted by Gasteiger charge is 2.17. The Bertz CT molecular complexity index is 398. The number of nitrogens with one attached hydrogen (secondary N) is 1.